The van der Waals surface area contributed by atoms with E-state index in [0.29, 0.717) is 18.8 Å². The summed E-state index contributed by atoms with van der Waals surface area (Å²) in [6.45, 7) is 4.77. The van der Waals surface area contributed by atoms with Gasteiger partial charge in [-0.1, -0.05) is 25.0 Å². The summed E-state index contributed by atoms with van der Waals surface area (Å²) >= 11 is 0. The molecule has 0 aliphatic carbocycles. The fourth-order valence-corrected chi connectivity index (χ4v) is 3.22. The Labute approximate surface area is 155 Å². The molecule has 0 unspecified atom stereocenters. The third kappa shape index (κ3) is 5.22. The predicted molar refractivity (Wildman–Crippen MR) is 105 cm³/mol. The Morgan fingerprint density at radius 2 is 1.81 bits per heavy atom. The molecule has 0 atom stereocenters. The summed E-state index contributed by atoms with van der Waals surface area (Å²) in [4.78, 5) is 19.0. The summed E-state index contributed by atoms with van der Waals surface area (Å²) in [5.74, 6) is 1.35. The number of nitrogens with one attached hydrogen (secondary N) is 1. The fraction of sp³-hybridized carbons (Fsp3) is 0.429. The predicted octanol–water partition coefficient (Wildman–Crippen LogP) is 4.04. The summed E-state index contributed by atoms with van der Waals surface area (Å²) in [5, 5.41) is 2.87. The van der Waals surface area contributed by atoms with Crippen molar-refractivity contribution in [1.82, 2.24) is 4.98 Å². The number of hydrogen-bond donors (Lipinski definition) is 1. The van der Waals surface area contributed by atoms with Crippen LogP contribution in [0.4, 0.5) is 11.5 Å². The number of carbonyl (C=O) groups excluding carboxylic acids is 1. The van der Waals surface area contributed by atoms with Gasteiger partial charge in [0, 0.05) is 13.1 Å². The standard InChI is InChI=1S/C21H27N3O2/c1-2-26-19-10-7-17(8-11-19)15-21(25)23-20-12-9-18(16-22-20)24-13-5-3-4-6-14-24/h7-12,16H,2-6,13-15H2,1H3,(H,22,23,25). The van der Waals surface area contributed by atoms with Crippen LogP contribution < -0.4 is 15.0 Å². The number of ether oxygens (including phenoxy) is 1. The second-order valence-corrected chi connectivity index (χ2v) is 6.60. The van der Waals surface area contributed by atoms with E-state index in [9.17, 15) is 4.79 Å². The van der Waals surface area contributed by atoms with E-state index in [1.54, 1.807) is 0 Å². The van der Waals surface area contributed by atoms with Crippen molar-refractivity contribution in [3.63, 3.8) is 0 Å². The molecule has 1 amide bonds. The van der Waals surface area contributed by atoms with E-state index in [4.69, 9.17) is 4.74 Å². The number of nitrogens with zero attached hydrogens (tertiary/aromatic N) is 2. The highest BCUT2D eigenvalue weighted by Gasteiger charge is 2.11. The number of benzene rings is 1. The summed E-state index contributed by atoms with van der Waals surface area (Å²) in [6, 6.07) is 11.5. The number of hydrogen-bond acceptors (Lipinski definition) is 4. The first-order valence-corrected chi connectivity index (χ1v) is 9.47. The largest absolute Gasteiger partial charge is 0.494 e. The van der Waals surface area contributed by atoms with Crippen molar-refractivity contribution < 1.29 is 9.53 Å². The van der Waals surface area contributed by atoms with Gasteiger partial charge in [0.1, 0.15) is 11.6 Å². The molecule has 2 aromatic rings. The van der Waals surface area contributed by atoms with E-state index in [-0.39, 0.29) is 5.91 Å². The molecule has 2 heterocycles. The van der Waals surface area contributed by atoms with E-state index in [0.717, 1.165) is 30.1 Å². The maximum Gasteiger partial charge on any atom is 0.229 e. The Bertz CT molecular complexity index is 690. The van der Waals surface area contributed by atoms with Gasteiger partial charge in [-0.25, -0.2) is 4.98 Å². The Morgan fingerprint density at radius 3 is 2.42 bits per heavy atom. The van der Waals surface area contributed by atoms with E-state index < -0.39 is 0 Å². The van der Waals surface area contributed by atoms with Gasteiger partial charge in [0.05, 0.1) is 24.9 Å². The molecular formula is C21H27N3O2. The van der Waals surface area contributed by atoms with Crippen molar-refractivity contribution >= 4 is 17.4 Å². The minimum atomic E-state index is -0.0656. The van der Waals surface area contributed by atoms with Crippen LogP contribution in [0.1, 0.15) is 38.2 Å². The van der Waals surface area contributed by atoms with Crippen LogP contribution in [-0.4, -0.2) is 30.6 Å². The van der Waals surface area contributed by atoms with Gasteiger partial charge in [0.2, 0.25) is 5.91 Å². The minimum absolute atomic E-state index is 0.0656. The van der Waals surface area contributed by atoms with Gasteiger partial charge < -0.3 is 15.0 Å². The zero-order chi connectivity index (χ0) is 18.2. The zero-order valence-corrected chi connectivity index (χ0v) is 15.4. The SMILES string of the molecule is CCOc1ccc(CC(=O)Nc2ccc(N3CCCCCC3)cn2)cc1. The summed E-state index contributed by atoms with van der Waals surface area (Å²) < 4.78 is 5.42. The van der Waals surface area contributed by atoms with E-state index >= 15 is 0 Å². The summed E-state index contributed by atoms with van der Waals surface area (Å²) in [7, 11) is 0. The minimum Gasteiger partial charge on any atom is -0.494 e. The molecule has 3 rings (SSSR count). The van der Waals surface area contributed by atoms with Crippen LogP contribution in [0.5, 0.6) is 5.75 Å². The number of carbonyl (C=O) groups is 1. The molecule has 1 saturated heterocycles. The smallest absolute Gasteiger partial charge is 0.229 e. The highest BCUT2D eigenvalue weighted by molar-refractivity contribution is 5.91. The Balaban J connectivity index is 1.53. The monoisotopic (exact) mass is 353 g/mol. The first kappa shape index (κ1) is 18.2. The number of aromatic nitrogens is 1. The molecule has 0 spiro atoms. The molecule has 138 valence electrons. The second-order valence-electron chi connectivity index (χ2n) is 6.60. The average Bonchev–Trinajstić information content (AvgIpc) is 2.94. The van der Waals surface area contributed by atoms with E-state index in [1.165, 1.54) is 25.7 Å². The van der Waals surface area contributed by atoms with Crippen LogP contribution >= 0.6 is 0 Å². The molecule has 1 fully saturated rings. The van der Waals surface area contributed by atoms with Gasteiger partial charge in [0.25, 0.3) is 0 Å². The highest BCUT2D eigenvalue weighted by Crippen LogP contribution is 2.20. The molecular weight excluding hydrogens is 326 g/mol. The second kappa shape index (κ2) is 9.22. The molecule has 0 bridgehead atoms. The third-order valence-corrected chi connectivity index (χ3v) is 4.59. The molecule has 1 aromatic carbocycles. The van der Waals surface area contributed by atoms with Crippen LogP contribution in [0.15, 0.2) is 42.6 Å². The molecule has 26 heavy (non-hydrogen) atoms. The van der Waals surface area contributed by atoms with Crippen molar-refractivity contribution in [2.75, 3.05) is 29.9 Å². The summed E-state index contributed by atoms with van der Waals surface area (Å²) in [5.41, 5.74) is 2.09. The maximum absolute atomic E-state index is 12.2. The van der Waals surface area contributed by atoms with Gasteiger partial charge in [0.15, 0.2) is 0 Å². The average molecular weight is 353 g/mol. The number of anilines is 2. The van der Waals surface area contributed by atoms with E-state index in [2.05, 4.69) is 15.2 Å². The molecule has 1 aliphatic heterocycles. The molecule has 0 saturated carbocycles. The highest BCUT2D eigenvalue weighted by atomic mass is 16.5. The molecule has 5 nitrogen and oxygen atoms in total. The van der Waals surface area contributed by atoms with Gasteiger partial charge in [-0.3, -0.25) is 4.79 Å². The van der Waals surface area contributed by atoms with Gasteiger partial charge >= 0.3 is 0 Å². The Kier molecular flexibility index (Phi) is 6.47. The lowest BCUT2D eigenvalue weighted by Gasteiger charge is -2.22. The summed E-state index contributed by atoms with van der Waals surface area (Å²) in [6.07, 6.45) is 7.27. The van der Waals surface area contributed by atoms with Crippen LogP contribution in [-0.2, 0) is 11.2 Å². The molecule has 1 aromatic heterocycles. The Morgan fingerprint density at radius 1 is 1.08 bits per heavy atom. The quantitative estimate of drug-likeness (QED) is 0.851. The van der Waals surface area contributed by atoms with Crippen LogP contribution in [0.25, 0.3) is 0 Å². The van der Waals surface area contributed by atoms with Crippen LogP contribution in [0.2, 0.25) is 0 Å². The molecule has 1 N–H and O–H groups in total. The van der Waals surface area contributed by atoms with E-state index in [1.807, 2.05) is 49.5 Å². The number of pyridine rings is 1. The Hall–Kier alpha value is -2.56. The topological polar surface area (TPSA) is 54.5 Å². The molecule has 1 aliphatic rings. The molecule has 5 heteroatoms. The van der Waals surface area contributed by atoms with Crippen LogP contribution in [0, 0.1) is 0 Å². The van der Waals surface area contributed by atoms with Crippen molar-refractivity contribution in [1.29, 1.82) is 0 Å². The first-order chi connectivity index (χ1) is 12.7. The van der Waals surface area contributed by atoms with Gasteiger partial charge in [-0.05, 0) is 49.6 Å². The van der Waals surface area contributed by atoms with Gasteiger partial charge in [-0.15, -0.1) is 0 Å². The third-order valence-electron chi connectivity index (χ3n) is 4.59. The number of amides is 1. The van der Waals surface area contributed by atoms with Crippen molar-refractivity contribution in [2.24, 2.45) is 0 Å². The lowest BCUT2D eigenvalue weighted by atomic mass is 10.1. The van der Waals surface area contributed by atoms with Gasteiger partial charge in [-0.2, -0.15) is 0 Å². The maximum atomic E-state index is 12.2. The first-order valence-electron chi connectivity index (χ1n) is 9.47. The molecule has 0 radical (unpaired) electrons. The normalized spacial score (nSPS) is 14.6. The number of rotatable bonds is 6. The lowest BCUT2D eigenvalue weighted by molar-refractivity contribution is -0.115. The van der Waals surface area contributed by atoms with Crippen molar-refractivity contribution in [2.45, 2.75) is 39.0 Å². The lowest BCUT2D eigenvalue weighted by Crippen LogP contribution is -2.24. The van der Waals surface area contributed by atoms with Crippen LogP contribution in [0.3, 0.4) is 0 Å². The fourth-order valence-electron chi connectivity index (χ4n) is 3.22. The zero-order valence-electron chi connectivity index (χ0n) is 15.4. The van der Waals surface area contributed by atoms with Crippen molar-refractivity contribution in [3.8, 4) is 5.75 Å². The van der Waals surface area contributed by atoms with Crippen molar-refractivity contribution in [3.05, 3.63) is 48.2 Å².